The van der Waals surface area contributed by atoms with Gasteiger partial charge in [0.1, 0.15) is 6.10 Å². The second-order valence-corrected chi connectivity index (χ2v) is 4.94. The minimum absolute atomic E-state index is 0.390. The van der Waals surface area contributed by atoms with E-state index in [4.69, 9.17) is 16.3 Å². The van der Waals surface area contributed by atoms with Crippen molar-refractivity contribution in [2.75, 3.05) is 7.11 Å². The van der Waals surface area contributed by atoms with Crippen LogP contribution in [0.4, 0.5) is 0 Å². The molecule has 2 nitrogen and oxygen atoms in total. The van der Waals surface area contributed by atoms with Gasteiger partial charge in [-0.15, -0.1) is 0 Å². The molecular weight excluding hydrogens is 224 g/mol. The first-order chi connectivity index (χ1) is 7.59. The van der Waals surface area contributed by atoms with Crippen LogP contribution >= 0.6 is 11.6 Å². The summed E-state index contributed by atoms with van der Waals surface area (Å²) in [5.74, 6) is 0. The van der Waals surface area contributed by atoms with Crippen molar-refractivity contribution < 1.29 is 9.84 Å². The Bertz CT molecular complexity index is 380. The predicted molar refractivity (Wildman–Crippen MR) is 64.7 cm³/mol. The van der Waals surface area contributed by atoms with Crippen molar-refractivity contribution in [3.05, 3.63) is 34.3 Å². The van der Waals surface area contributed by atoms with Gasteiger partial charge in [-0.2, -0.15) is 0 Å². The topological polar surface area (TPSA) is 29.5 Å². The van der Waals surface area contributed by atoms with Crippen LogP contribution in [0.3, 0.4) is 0 Å². The van der Waals surface area contributed by atoms with E-state index in [0.717, 1.165) is 30.4 Å². The van der Waals surface area contributed by atoms with E-state index in [9.17, 15) is 5.11 Å². The monoisotopic (exact) mass is 240 g/mol. The van der Waals surface area contributed by atoms with Crippen LogP contribution in [0.1, 0.15) is 36.5 Å². The van der Waals surface area contributed by atoms with Gasteiger partial charge in [0, 0.05) is 12.1 Å². The first kappa shape index (κ1) is 11.9. The maximum atomic E-state index is 10.3. The average molecular weight is 241 g/mol. The quantitative estimate of drug-likeness (QED) is 0.879. The molecular formula is C13H17ClO2. The van der Waals surface area contributed by atoms with E-state index in [1.165, 1.54) is 0 Å². The van der Waals surface area contributed by atoms with Crippen LogP contribution in [-0.4, -0.2) is 17.8 Å². The van der Waals surface area contributed by atoms with Crippen LogP contribution in [0.25, 0.3) is 0 Å². The van der Waals surface area contributed by atoms with Crippen LogP contribution < -0.4 is 0 Å². The highest BCUT2D eigenvalue weighted by atomic mass is 35.5. The molecule has 1 atom stereocenters. The molecule has 0 radical (unpaired) electrons. The van der Waals surface area contributed by atoms with Gasteiger partial charge in [0.15, 0.2) is 0 Å². The molecule has 1 fully saturated rings. The molecule has 1 unspecified atom stereocenters. The fraction of sp³-hybridized carbons (Fsp3) is 0.538. The fourth-order valence-electron chi connectivity index (χ4n) is 2.20. The standard InChI is InChI=1S/C13H17ClO2/c1-9-4-5-10(8-11(9)14)12(15)13(16-2)6-3-7-13/h4-5,8,12,15H,3,6-7H2,1-2H3. The molecule has 0 spiro atoms. The number of aliphatic hydroxyl groups is 1. The number of hydrogen-bond acceptors (Lipinski definition) is 2. The minimum Gasteiger partial charge on any atom is -0.385 e. The highest BCUT2D eigenvalue weighted by Crippen LogP contribution is 2.45. The summed E-state index contributed by atoms with van der Waals surface area (Å²) in [6, 6.07) is 5.69. The van der Waals surface area contributed by atoms with Crippen molar-refractivity contribution >= 4 is 11.6 Å². The number of halogens is 1. The lowest BCUT2D eigenvalue weighted by molar-refractivity contribution is -0.151. The molecule has 0 saturated heterocycles. The molecule has 1 aliphatic carbocycles. The third kappa shape index (κ3) is 1.86. The highest BCUT2D eigenvalue weighted by Gasteiger charge is 2.44. The molecule has 1 N–H and O–H groups in total. The first-order valence-corrected chi connectivity index (χ1v) is 5.96. The molecule has 1 aromatic carbocycles. The van der Waals surface area contributed by atoms with E-state index in [2.05, 4.69) is 0 Å². The smallest absolute Gasteiger partial charge is 0.108 e. The van der Waals surface area contributed by atoms with Crippen molar-refractivity contribution in [1.82, 2.24) is 0 Å². The molecule has 88 valence electrons. The maximum Gasteiger partial charge on any atom is 0.108 e. The van der Waals surface area contributed by atoms with Crippen molar-refractivity contribution in [3.63, 3.8) is 0 Å². The molecule has 1 aliphatic rings. The lowest BCUT2D eigenvalue weighted by Gasteiger charge is -2.44. The summed E-state index contributed by atoms with van der Waals surface area (Å²) in [5.41, 5.74) is 1.48. The molecule has 2 rings (SSSR count). The van der Waals surface area contributed by atoms with Gasteiger partial charge in [0.05, 0.1) is 5.60 Å². The number of methoxy groups -OCH3 is 1. The lowest BCUT2D eigenvalue weighted by atomic mass is 9.73. The van der Waals surface area contributed by atoms with Crippen LogP contribution in [0.15, 0.2) is 18.2 Å². The molecule has 0 aromatic heterocycles. The Balaban J connectivity index is 2.26. The number of rotatable bonds is 3. The van der Waals surface area contributed by atoms with Gasteiger partial charge in [-0.3, -0.25) is 0 Å². The van der Waals surface area contributed by atoms with Gasteiger partial charge < -0.3 is 9.84 Å². The third-order valence-corrected chi connectivity index (χ3v) is 4.02. The van der Waals surface area contributed by atoms with Crippen LogP contribution in [0, 0.1) is 6.92 Å². The summed E-state index contributed by atoms with van der Waals surface area (Å²) in [5, 5.41) is 11.0. The summed E-state index contributed by atoms with van der Waals surface area (Å²) >= 11 is 6.06. The summed E-state index contributed by atoms with van der Waals surface area (Å²) in [6.07, 6.45) is 2.36. The Morgan fingerprint density at radius 3 is 2.56 bits per heavy atom. The molecule has 0 heterocycles. The summed E-state index contributed by atoms with van der Waals surface area (Å²) in [6.45, 7) is 1.95. The van der Waals surface area contributed by atoms with Gasteiger partial charge in [-0.25, -0.2) is 0 Å². The van der Waals surface area contributed by atoms with Gasteiger partial charge in [-0.1, -0.05) is 23.7 Å². The van der Waals surface area contributed by atoms with Crippen LogP contribution in [0.2, 0.25) is 5.02 Å². The van der Waals surface area contributed by atoms with Crippen molar-refractivity contribution in [2.24, 2.45) is 0 Å². The average Bonchev–Trinajstić information content (AvgIpc) is 2.21. The number of aliphatic hydroxyl groups excluding tert-OH is 1. The maximum absolute atomic E-state index is 10.3. The zero-order chi connectivity index (χ0) is 11.8. The van der Waals surface area contributed by atoms with Crippen LogP contribution in [-0.2, 0) is 4.74 Å². The Morgan fingerprint density at radius 2 is 2.12 bits per heavy atom. The van der Waals surface area contributed by atoms with E-state index >= 15 is 0 Å². The lowest BCUT2D eigenvalue weighted by Crippen LogP contribution is -2.45. The van der Waals surface area contributed by atoms with Crippen molar-refractivity contribution in [2.45, 2.75) is 37.9 Å². The Labute approximate surface area is 101 Å². The fourth-order valence-corrected chi connectivity index (χ4v) is 2.39. The SMILES string of the molecule is COC1(C(O)c2ccc(C)c(Cl)c2)CCC1. The van der Waals surface area contributed by atoms with E-state index in [0.29, 0.717) is 5.02 Å². The molecule has 0 amide bonds. The minimum atomic E-state index is -0.579. The summed E-state index contributed by atoms with van der Waals surface area (Å²) in [7, 11) is 1.66. The van der Waals surface area contributed by atoms with E-state index in [-0.39, 0.29) is 0 Å². The molecule has 1 saturated carbocycles. The van der Waals surface area contributed by atoms with Crippen molar-refractivity contribution in [3.8, 4) is 0 Å². The Hall–Kier alpha value is -0.570. The molecule has 0 bridgehead atoms. The molecule has 16 heavy (non-hydrogen) atoms. The van der Waals surface area contributed by atoms with Gasteiger partial charge >= 0.3 is 0 Å². The zero-order valence-electron chi connectivity index (χ0n) is 9.66. The van der Waals surface area contributed by atoms with Crippen LogP contribution in [0.5, 0.6) is 0 Å². The number of hydrogen-bond donors (Lipinski definition) is 1. The summed E-state index contributed by atoms with van der Waals surface area (Å²) in [4.78, 5) is 0. The Morgan fingerprint density at radius 1 is 1.44 bits per heavy atom. The zero-order valence-corrected chi connectivity index (χ0v) is 10.4. The molecule has 1 aromatic rings. The predicted octanol–water partition coefficient (Wildman–Crippen LogP) is 3.25. The highest BCUT2D eigenvalue weighted by molar-refractivity contribution is 6.31. The number of ether oxygens (including phenoxy) is 1. The number of benzene rings is 1. The molecule has 0 aliphatic heterocycles. The molecule has 3 heteroatoms. The van der Waals surface area contributed by atoms with Gasteiger partial charge in [-0.05, 0) is 43.4 Å². The van der Waals surface area contributed by atoms with Crippen molar-refractivity contribution in [1.29, 1.82) is 0 Å². The van der Waals surface area contributed by atoms with E-state index < -0.39 is 11.7 Å². The Kier molecular flexibility index (Phi) is 3.24. The van der Waals surface area contributed by atoms with Gasteiger partial charge in [0.2, 0.25) is 0 Å². The second-order valence-electron chi connectivity index (χ2n) is 4.53. The largest absolute Gasteiger partial charge is 0.385 e. The van der Waals surface area contributed by atoms with E-state index in [1.807, 2.05) is 25.1 Å². The number of aryl methyl sites for hydroxylation is 1. The third-order valence-electron chi connectivity index (χ3n) is 3.62. The second kappa shape index (κ2) is 4.36. The first-order valence-electron chi connectivity index (χ1n) is 5.58. The van der Waals surface area contributed by atoms with E-state index in [1.54, 1.807) is 7.11 Å². The summed E-state index contributed by atoms with van der Waals surface area (Å²) < 4.78 is 5.47. The van der Waals surface area contributed by atoms with Gasteiger partial charge in [0.25, 0.3) is 0 Å². The normalized spacial score (nSPS) is 20.2.